The zero-order chi connectivity index (χ0) is 23.8. The van der Waals surface area contributed by atoms with Gasteiger partial charge in [0, 0.05) is 31.7 Å². The van der Waals surface area contributed by atoms with Crippen LogP contribution >= 0.6 is 0 Å². The normalized spacial score (nSPS) is 14.2. The smallest absolute Gasteiger partial charge is 0.253 e. The number of amides is 1. The molecule has 1 aromatic heterocycles. The molecule has 0 atom stereocenters. The number of benzene rings is 2. The number of tetrazole rings is 1. The third-order valence-corrected chi connectivity index (χ3v) is 5.82. The Hall–Kier alpha value is -3.46. The Morgan fingerprint density at radius 3 is 2.26 bits per heavy atom. The lowest BCUT2D eigenvalue weighted by atomic mass is 10.1. The van der Waals surface area contributed by atoms with Crippen molar-refractivity contribution in [2.45, 2.75) is 33.2 Å². The molecule has 34 heavy (non-hydrogen) atoms. The van der Waals surface area contributed by atoms with E-state index in [1.807, 2.05) is 60.4 Å². The van der Waals surface area contributed by atoms with Crippen molar-refractivity contribution in [2.24, 2.45) is 0 Å². The van der Waals surface area contributed by atoms with Crippen molar-refractivity contribution in [2.75, 3.05) is 39.4 Å². The summed E-state index contributed by atoms with van der Waals surface area (Å²) in [5.41, 5.74) is 1.58. The first-order chi connectivity index (χ1) is 16.7. The fraction of sp³-hybridized carbons (Fsp3) is 0.440. The highest BCUT2D eigenvalue weighted by Crippen LogP contribution is 2.18. The maximum absolute atomic E-state index is 12.9. The van der Waals surface area contributed by atoms with E-state index in [9.17, 15) is 4.79 Å². The number of aromatic nitrogens is 4. The Kier molecular flexibility index (Phi) is 8.08. The largest absolute Gasteiger partial charge is 0.494 e. The molecule has 1 aliphatic rings. The van der Waals surface area contributed by atoms with E-state index in [1.165, 1.54) is 0 Å². The van der Waals surface area contributed by atoms with E-state index in [0.717, 1.165) is 48.9 Å². The van der Waals surface area contributed by atoms with Gasteiger partial charge in [0.2, 0.25) is 0 Å². The van der Waals surface area contributed by atoms with E-state index in [0.29, 0.717) is 38.4 Å². The molecule has 1 saturated heterocycles. The molecule has 1 amide bonds. The van der Waals surface area contributed by atoms with E-state index in [1.54, 1.807) is 4.68 Å². The van der Waals surface area contributed by atoms with Gasteiger partial charge >= 0.3 is 0 Å². The van der Waals surface area contributed by atoms with Crippen LogP contribution in [-0.2, 0) is 6.54 Å². The van der Waals surface area contributed by atoms with E-state index < -0.39 is 0 Å². The Bertz CT molecular complexity index is 1040. The van der Waals surface area contributed by atoms with Crippen LogP contribution in [0.5, 0.6) is 11.5 Å². The van der Waals surface area contributed by atoms with E-state index >= 15 is 0 Å². The highest BCUT2D eigenvalue weighted by Gasteiger charge is 2.23. The van der Waals surface area contributed by atoms with E-state index in [-0.39, 0.29) is 5.91 Å². The topological polar surface area (TPSA) is 85.6 Å². The molecule has 0 spiro atoms. The van der Waals surface area contributed by atoms with Crippen molar-refractivity contribution in [1.29, 1.82) is 0 Å². The summed E-state index contributed by atoms with van der Waals surface area (Å²) in [5.74, 6) is 2.45. The molecule has 1 aliphatic heterocycles. The lowest BCUT2D eigenvalue weighted by Crippen LogP contribution is -2.48. The second-order valence-corrected chi connectivity index (χ2v) is 8.23. The molecule has 0 radical (unpaired) electrons. The molecule has 0 N–H and O–H groups in total. The number of unbranched alkanes of at least 4 members (excludes halogenated alkanes) is 1. The molecule has 2 aromatic carbocycles. The van der Waals surface area contributed by atoms with Crippen LogP contribution in [0.2, 0.25) is 0 Å². The number of hydrogen-bond donors (Lipinski definition) is 0. The minimum Gasteiger partial charge on any atom is -0.494 e. The fourth-order valence-electron chi connectivity index (χ4n) is 3.87. The van der Waals surface area contributed by atoms with Crippen molar-refractivity contribution in [3.05, 3.63) is 59.9 Å². The van der Waals surface area contributed by atoms with Gasteiger partial charge in [0.05, 0.1) is 25.4 Å². The highest BCUT2D eigenvalue weighted by atomic mass is 16.5. The third-order valence-electron chi connectivity index (χ3n) is 5.82. The van der Waals surface area contributed by atoms with Crippen LogP contribution in [-0.4, -0.2) is 75.3 Å². The van der Waals surface area contributed by atoms with Crippen LogP contribution < -0.4 is 9.47 Å². The fourth-order valence-corrected chi connectivity index (χ4v) is 3.87. The maximum atomic E-state index is 12.9. The van der Waals surface area contributed by atoms with Crippen molar-refractivity contribution < 1.29 is 14.3 Å². The number of carbonyl (C=O) groups excluding carboxylic acids is 1. The molecule has 9 heteroatoms. The lowest BCUT2D eigenvalue weighted by Gasteiger charge is -2.34. The zero-order valence-corrected chi connectivity index (χ0v) is 19.9. The number of rotatable bonds is 10. The van der Waals surface area contributed by atoms with E-state index in [2.05, 4.69) is 27.3 Å². The third kappa shape index (κ3) is 5.91. The average Bonchev–Trinajstić information content (AvgIpc) is 3.33. The second kappa shape index (κ2) is 11.6. The number of ether oxygens (including phenoxy) is 2. The van der Waals surface area contributed by atoms with Gasteiger partial charge in [-0.15, -0.1) is 5.10 Å². The average molecular weight is 465 g/mol. The van der Waals surface area contributed by atoms with Crippen LogP contribution in [0.15, 0.2) is 48.5 Å². The number of piperazine rings is 1. The van der Waals surface area contributed by atoms with Crippen LogP contribution in [0, 0.1) is 0 Å². The minimum atomic E-state index is 0.0546. The molecule has 4 rings (SSSR count). The monoisotopic (exact) mass is 464 g/mol. The van der Waals surface area contributed by atoms with Crippen LogP contribution in [0.3, 0.4) is 0 Å². The summed E-state index contributed by atoms with van der Waals surface area (Å²) in [4.78, 5) is 17.1. The van der Waals surface area contributed by atoms with Gasteiger partial charge in [-0.2, -0.15) is 4.68 Å². The molecule has 3 aromatic rings. The first-order valence-corrected chi connectivity index (χ1v) is 11.9. The Morgan fingerprint density at radius 2 is 1.59 bits per heavy atom. The first-order valence-electron chi connectivity index (χ1n) is 11.9. The molecule has 0 unspecified atom stereocenters. The molecular weight excluding hydrogens is 432 g/mol. The molecule has 1 fully saturated rings. The summed E-state index contributed by atoms with van der Waals surface area (Å²) in [6.07, 6.45) is 2.12. The molecule has 0 bridgehead atoms. The zero-order valence-electron chi connectivity index (χ0n) is 19.9. The molecule has 0 aliphatic carbocycles. The predicted molar refractivity (Wildman–Crippen MR) is 128 cm³/mol. The van der Waals surface area contributed by atoms with E-state index in [4.69, 9.17) is 9.47 Å². The van der Waals surface area contributed by atoms with Crippen LogP contribution in [0.25, 0.3) is 5.69 Å². The van der Waals surface area contributed by atoms with Gasteiger partial charge in [0.25, 0.3) is 5.91 Å². The van der Waals surface area contributed by atoms with Gasteiger partial charge in [-0.05, 0) is 72.3 Å². The van der Waals surface area contributed by atoms with Crippen molar-refractivity contribution in [3.8, 4) is 17.2 Å². The minimum absolute atomic E-state index is 0.0546. The number of nitrogens with zero attached hydrogens (tertiary/aromatic N) is 6. The van der Waals surface area contributed by atoms with Gasteiger partial charge in [0.15, 0.2) is 5.82 Å². The van der Waals surface area contributed by atoms with Crippen molar-refractivity contribution in [1.82, 2.24) is 30.0 Å². The first kappa shape index (κ1) is 23.7. The number of hydrogen-bond acceptors (Lipinski definition) is 7. The molecule has 0 saturated carbocycles. The highest BCUT2D eigenvalue weighted by molar-refractivity contribution is 5.94. The van der Waals surface area contributed by atoms with Crippen LogP contribution in [0.1, 0.15) is 42.9 Å². The molecule has 2 heterocycles. The Labute approximate surface area is 200 Å². The van der Waals surface area contributed by atoms with Gasteiger partial charge in [-0.3, -0.25) is 9.69 Å². The lowest BCUT2D eigenvalue weighted by molar-refractivity contribution is 0.0624. The summed E-state index contributed by atoms with van der Waals surface area (Å²) in [7, 11) is 0. The van der Waals surface area contributed by atoms with Crippen molar-refractivity contribution in [3.63, 3.8) is 0 Å². The summed E-state index contributed by atoms with van der Waals surface area (Å²) in [6, 6.07) is 15.2. The van der Waals surface area contributed by atoms with Gasteiger partial charge in [-0.1, -0.05) is 13.3 Å². The predicted octanol–water partition coefficient (Wildman–Crippen LogP) is 3.20. The van der Waals surface area contributed by atoms with Crippen molar-refractivity contribution >= 4 is 5.91 Å². The Balaban J connectivity index is 1.30. The van der Waals surface area contributed by atoms with Gasteiger partial charge in [-0.25, -0.2) is 0 Å². The summed E-state index contributed by atoms with van der Waals surface area (Å²) in [5, 5.41) is 12.2. The number of carbonyl (C=O) groups is 1. The second-order valence-electron chi connectivity index (χ2n) is 8.23. The SMILES string of the molecule is CCCCOc1ccc(C(=O)N2CCN(Cc3nnnn3-c3ccc(OCC)cc3)CC2)cc1. The summed E-state index contributed by atoms with van der Waals surface area (Å²) in [6.45, 7) is 8.90. The quantitative estimate of drug-likeness (QED) is 0.426. The maximum Gasteiger partial charge on any atom is 0.253 e. The summed E-state index contributed by atoms with van der Waals surface area (Å²) >= 11 is 0. The molecule has 180 valence electrons. The standard InChI is InChI=1S/C25H32N6O3/c1-3-5-18-34-23-10-6-20(7-11-23)25(32)30-16-14-29(15-17-30)19-24-26-27-28-31(24)21-8-12-22(13-9-21)33-4-2/h6-13H,3-5,14-19H2,1-2H3. The van der Waals surface area contributed by atoms with Gasteiger partial charge in [0.1, 0.15) is 11.5 Å². The molecule has 9 nitrogen and oxygen atoms in total. The summed E-state index contributed by atoms with van der Waals surface area (Å²) < 4.78 is 12.9. The Morgan fingerprint density at radius 1 is 0.912 bits per heavy atom. The van der Waals surface area contributed by atoms with Crippen LogP contribution in [0.4, 0.5) is 0 Å². The van der Waals surface area contributed by atoms with Gasteiger partial charge < -0.3 is 14.4 Å². The molecular formula is C25H32N6O3.